The topological polar surface area (TPSA) is 57.7 Å². The van der Waals surface area contributed by atoms with E-state index >= 15 is 0 Å². The van der Waals surface area contributed by atoms with Gasteiger partial charge in [0.1, 0.15) is 0 Å². The van der Waals surface area contributed by atoms with Crippen molar-refractivity contribution in [3.05, 3.63) is 0 Å². The molecule has 0 radical (unpaired) electrons. The summed E-state index contributed by atoms with van der Waals surface area (Å²) in [4.78, 5) is 14.4. The van der Waals surface area contributed by atoms with Gasteiger partial charge in [0.25, 0.3) is 0 Å². The molecule has 0 unspecified atom stereocenters. The molecule has 1 amide bonds. The SMILES string of the molecule is CCCS(=O)(=O)N1CCC(C(=O)N(C)[C@@H](C)CC(C)C)CC1. The summed E-state index contributed by atoms with van der Waals surface area (Å²) >= 11 is 0. The van der Waals surface area contributed by atoms with Crippen molar-refractivity contribution in [2.24, 2.45) is 11.8 Å². The van der Waals surface area contributed by atoms with Gasteiger partial charge in [0.15, 0.2) is 0 Å². The lowest BCUT2D eigenvalue weighted by Crippen LogP contribution is -2.46. The van der Waals surface area contributed by atoms with Crippen LogP contribution in [0.2, 0.25) is 0 Å². The van der Waals surface area contributed by atoms with Gasteiger partial charge in [0.2, 0.25) is 15.9 Å². The maximum absolute atomic E-state index is 12.6. The summed E-state index contributed by atoms with van der Waals surface area (Å²) in [5.41, 5.74) is 0. The Hall–Kier alpha value is -0.620. The molecule has 0 aromatic rings. The fourth-order valence-corrected chi connectivity index (χ4v) is 4.65. The van der Waals surface area contributed by atoms with E-state index < -0.39 is 10.0 Å². The molecule has 5 nitrogen and oxygen atoms in total. The second-order valence-electron chi connectivity index (χ2n) is 6.92. The van der Waals surface area contributed by atoms with E-state index in [4.69, 9.17) is 0 Å². The molecule has 1 aliphatic heterocycles. The lowest BCUT2D eigenvalue weighted by atomic mass is 9.95. The first-order chi connectivity index (χ1) is 10.2. The smallest absolute Gasteiger partial charge is 0.225 e. The average molecular weight is 333 g/mol. The van der Waals surface area contributed by atoms with Crippen LogP contribution >= 0.6 is 0 Å². The summed E-state index contributed by atoms with van der Waals surface area (Å²) in [5.74, 6) is 0.899. The van der Waals surface area contributed by atoms with Crippen LogP contribution in [0.3, 0.4) is 0 Å². The van der Waals surface area contributed by atoms with Gasteiger partial charge in [-0.2, -0.15) is 0 Å². The van der Waals surface area contributed by atoms with E-state index in [-0.39, 0.29) is 23.6 Å². The van der Waals surface area contributed by atoms with E-state index in [1.807, 2.05) is 18.9 Å². The molecule has 0 N–H and O–H groups in total. The minimum atomic E-state index is -3.13. The summed E-state index contributed by atoms with van der Waals surface area (Å²) in [7, 11) is -1.26. The zero-order valence-electron chi connectivity index (χ0n) is 14.7. The fraction of sp³-hybridized carbons (Fsp3) is 0.938. The minimum Gasteiger partial charge on any atom is -0.343 e. The van der Waals surface area contributed by atoms with Crippen molar-refractivity contribution in [3.8, 4) is 0 Å². The van der Waals surface area contributed by atoms with E-state index in [1.165, 1.54) is 0 Å². The van der Waals surface area contributed by atoms with Gasteiger partial charge in [0, 0.05) is 32.1 Å². The van der Waals surface area contributed by atoms with Crippen LogP contribution in [-0.4, -0.2) is 55.5 Å². The monoisotopic (exact) mass is 332 g/mol. The first-order valence-electron chi connectivity index (χ1n) is 8.43. The Morgan fingerprint density at radius 3 is 2.23 bits per heavy atom. The Kier molecular flexibility index (Phi) is 7.32. The third kappa shape index (κ3) is 5.23. The van der Waals surface area contributed by atoms with E-state index in [1.54, 1.807) is 4.31 Å². The summed E-state index contributed by atoms with van der Waals surface area (Å²) < 4.78 is 25.7. The van der Waals surface area contributed by atoms with E-state index in [2.05, 4.69) is 20.8 Å². The van der Waals surface area contributed by atoms with Gasteiger partial charge in [-0.1, -0.05) is 20.8 Å². The molecule has 0 aliphatic carbocycles. The van der Waals surface area contributed by atoms with Crippen LogP contribution in [0, 0.1) is 11.8 Å². The predicted molar refractivity (Wildman–Crippen MR) is 90.1 cm³/mol. The Bertz CT molecular complexity index is 454. The first kappa shape index (κ1) is 19.4. The quantitative estimate of drug-likeness (QED) is 0.719. The number of carbonyl (C=O) groups is 1. The van der Waals surface area contributed by atoms with Gasteiger partial charge in [-0.05, 0) is 38.5 Å². The van der Waals surface area contributed by atoms with E-state index in [0.717, 1.165) is 6.42 Å². The fourth-order valence-electron chi connectivity index (χ4n) is 3.11. The van der Waals surface area contributed by atoms with Gasteiger partial charge in [-0.25, -0.2) is 12.7 Å². The molecular weight excluding hydrogens is 300 g/mol. The van der Waals surface area contributed by atoms with Gasteiger partial charge < -0.3 is 4.90 Å². The molecule has 0 bridgehead atoms. The summed E-state index contributed by atoms with van der Waals surface area (Å²) in [6.07, 6.45) is 2.91. The number of carbonyl (C=O) groups excluding carboxylic acids is 1. The van der Waals surface area contributed by atoms with Crippen molar-refractivity contribution < 1.29 is 13.2 Å². The zero-order chi connectivity index (χ0) is 16.9. The molecule has 0 aromatic carbocycles. The van der Waals surface area contributed by atoms with Crippen LogP contribution in [-0.2, 0) is 14.8 Å². The Morgan fingerprint density at radius 2 is 1.77 bits per heavy atom. The highest BCUT2D eigenvalue weighted by atomic mass is 32.2. The maximum atomic E-state index is 12.6. The van der Waals surface area contributed by atoms with Gasteiger partial charge in [-0.3, -0.25) is 4.79 Å². The minimum absolute atomic E-state index is 0.0345. The molecule has 0 spiro atoms. The normalized spacial score (nSPS) is 19.4. The molecule has 0 aromatic heterocycles. The largest absolute Gasteiger partial charge is 0.343 e. The molecule has 6 heteroatoms. The number of piperidine rings is 1. The number of amides is 1. The molecule has 1 heterocycles. The van der Waals surface area contributed by atoms with Crippen LogP contribution in [0.1, 0.15) is 53.4 Å². The Morgan fingerprint density at radius 1 is 1.23 bits per heavy atom. The van der Waals surface area contributed by atoms with Gasteiger partial charge in [-0.15, -0.1) is 0 Å². The number of hydrogen-bond acceptors (Lipinski definition) is 3. The summed E-state index contributed by atoms with van der Waals surface area (Å²) in [6, 6.07) is 0.231. The Labute approximate surface area is 136 Å². The zero-order valence-corrected chi connectivity index (χ0v) is 15.5. The Balaban J connectivity index is 2.55. The molecule has 1 fully saturated rings. The summed E-state index contributed by atoms with van der Waals surface area (Å²) in [5, 5.41) is 0. The highest BCUT2D eigenvalue weighted by Gasteiger charge is 2.32. The van der Waals surface area contributed by atoms with Gasteiger partial charge in [0.05, 0.1) is 5.75 Å². The average Bonchev–Trinajstić information content (AvgIpc) is 2.45. The molecule has 1 aliphatic rings. The second kappa shape index (κ2) is 8.29. The van der Waals surface area contributed by atoms with E-state index in [9.17, 15) is 13.2 Å². The van der Waals surface area contributed by atoms with Gasteiger partial charge >= 0.3 is 0 Å². The van der Waals surface area contributed by atoms with Crippen molar-refractivity contribution >= 4 is 15.9 Å². The lowest BCUT2D eigenvalue weighted by molar-refractivity contribution is -0.137. The van der Waals surface area contributed by atoms with Crippen LogP contribution in [0.25, 0.3) is 0 Å². The highest BCUT2D eigenvalue weighted by molar-refractivity contribution is 7.89. The van der Waals surface area contributed by atoms with Crippen LogP contribution in [0.4, 0.5) is 0 Å². The van der Waals surface area contributed by atoms with Crippen molar-refractivity contribution in [1.29, 1.82) is 0 Å². The van der Waals surface area contributed by atoms with Crippen LogP contribution in [0.5, 0.6) is 0 Å². The first-order valence-corrected chi connectivity index (χ1v) is 10.0. The molecule has 1 rings (SSSR count). The molecular formula is C16H32N2O3S. The van der Waals surface area contributed by atoms with Crippen LogP contribution < -0.4 is 0 Å². The van der Waals surface area contributed by atoms with Crippen molar-refractivity contribution in [2.75, 3.05) is 25.9 Å². The molecule has 22 heavy (non-hydrogen) atoms. The highest BCUT2D eigenvalue weighted by Crippen LogP contribution is 2.23. The number of sulfonamides is 1. The molecule has 130 valence electrons. The van der Waals surface area contributed by atoms with Crippen LogP contribution in [0.15, 0.2) is 0 Å². The predicted octanol–water partition coefficient (Wildman–Crippen LogP) is 2.33. The second-order valence-corrected chi connectivity index (χ2v) is 9.01. The van der Waals surface area contributed by atoms with Crippen molar-refractivity contribution in [2.45, 2.75) is 59.4 Å². The number of nitrogens with zero attached hydrogens (tertiary/aromatic N) is 2. The summed E-state index contributed by atoms with van der Waals surface area (Å²) in [6.45, 7) is 9.23. The van der Waals surface area contributed by atoms with Crippen molar-refractivity contribution in [1.82, 2.24) is 9.21 Å². The maximum Gasteiger partial charge on any atom is 0.225 e. The van der Waals surface area contributed by atoms with Crippen molar-refractivity contribution in [3.63, 3.8) is 0 Å². The third-order valence-corrected chi connectivity index (χ3v) is 6.56. The standard InChI is InChI=1S/C16H32N2O3S/c1-6-11-22(20,21)18-9-7-15(8-10-18)16(19)17(5)14(4)12-13(2)3/h13-15H,6-12H2,1-5H3/t14-/m0/s1. The van der Waals surface area contributed by atoms with E-state index in [0.29, 0.717) is 38.3 Å². The molecule has 0 saturated carbocycles. The number of rotatable bonds is 7. The third-order valence-electron chi connectivity index (χ3n) is 4.48. The molecule has 1 atom stereocenters. The molecule has 1 saturated heterocycles. The lowest BCUT2D eigenvalue weighted by Gasteiger charge is -2.34. The number of hydrogen-bond donors (Lipinski definition) is 0.